The second-order valence-corrected chi connectivity index (χ2v) is 11.9. The van der Waals surface area contributed by atoms with Crippen LogP contribution in [0.3, 0.4) is 0 Å². The maximum Gasteiger partial charge on any atom is 0.242 e. The minimum Gasteiger partial charge on any atom is -0.544 e. The molecule has 0 aromatic heterocycles. The van der Waals surface area contributed by atoms with Crippen molar-refractivity contribution in [1.29, 1.82) is 0 Å². The Morgan fingerprint density at radius 2 is 1.61 bits per heavy atom. The van der Waals surface area contributed by atoms with Crippen molar-refractivity contribution in [2.45, 2.75) is 45.8 Å². The summed E-state index contributed by atoms with van der Waals surface area (Å²) in [5, 5.41) is 0. The highest BCUT2D eigenvalue weighted by Crippen LogP contribution is 2.35. The van der Waals surface area contributed by atoms with Gasteiger partial charge in [-0.15, -0.1) is 0 Å². The molecule has 0 unspecified atom stereocenters. The molecular formula is C21H26OSi. The summed E-state index contributed by atoms with van der Waals surface area (Å²) >= 11 is 0. The van der Waals surface area contributed by atoms with E-state index in [1.165, 1.54) is 27.8 Å². The average molecular weight is 323 g/mol. The number of aryl methyl sites for hydroxylation is 2. The van der Waals surface area contributed by atoms with Crippen molar-refractivity contribution in [2.75, 3.05) is 0 Å². The van der Waals surface area contributed by atoms with Crippen LogP contribution in [-0.4, -0.2) is 8.32 Å². The van der Waals surface area contributed by atoms with Gasteiger partial charge in [0.15, 0.2) is 0 Å². The van der Waals surface area contributed by atoms with Gasteiger partial charge < -0.3 is 4.43 Å². The molecule has 0 spiro atoms. The minimum absolute atomic E-state index is 0.994. The van der Waals surface area contributed by atoms with Gasteiger partial charge in [-0.3, -0.25) is 0 Å². The lowest BCUT2D eigenvalue weighted by Crippen LogP contribution is -2.26. The van der Waals surface area contributed by atoms with Crippen molar-refractivity contribution < 1.29 is 4.43 Å². The Balaban J connectivity index is 2.00. The molecule has 0 bridgehead atoms. The number of fused-ring (bicyclic) bond motifs is 1. The van der Waals surface area contributed by atoms with Crippen LogP contribution in [0.4, 0.5) is 0 Å². The second kappa shape index (κ2) is 6.36. The Labute approximate surface area is 141 Å². The highest BCUT2D eigenvalue weighted by atomic mass is 28.4. The van der Waals surface area contributed by atoms with E-state index in [4.69, 9.17) is 4.43 Å². The Kier molecular flexibility index (Phi) is 4.45. The number of hydrogen-bond acceptors (Lipinski definition) is 1. The van der Waals surface area contributed by atoms with Crippen LogP contribution in [0.2, 0.25) is 19.6 Å². The van der Waals surface area contributed by atoms with Gasteiger partial charge in [0.2, 0.25) is 8.32 Å². The molecule has 23 heavy (non-hydrogen) atoms. The van der Waals surface area contributed by atoms with Crippen LogP contribution < -0.4 is 0 Å². The summed E-state index contributed by atoms with van der Waals surface area (Å²) in [6.45, 7) is 8.93. The highest BCUT2D eigenvalue weighted by Gasteiger charge is 2.25. The Hall–Kier alpha value is -1.80. The van der Waals surface area contributed by atoms with Gasteiger partial charge in [0.25, 0.3) is 0 Å². The number of hydrogen-bond donors (Lipinski definition) is 0. The van der Waals surface area contributed by atoms with E-state index in [2.05, 4.69) is 75.1 Å². The molecule has 0 fully saturated rings. The fourth-order valence-corrected chi connectivity index (χ4v) is 3.97. The van der Waals surface area contributed by atoms with Gasteiger partial charge in [-0.05, 0) is 62.5 Å². The van der Waals surface area contributed by atoms with Crippen LogP contribution in [0.15, 0.2) is 54.1 Å². The summed E-state index contributed by atoms with van der Waals surface area (Å²) in [6, 6.07) is 17.6. The smallest absolute Gasteiger partial charge is 0.242 e. The summed E-state index contributed by atoms with van der Waals surface area (Å²) in [5.74, 6) is 1.16. The van der Waals surface area contributed by atoms with E-state index in [1.54, 1.807) is 0 Å². The normalized spacial score (nSPS) is 14.6. The van der Waals surface area contributed by atoms with Crippen LogP contribution in [-0.2, 0) is 17.3 Å². The Morgan fingerprint density at radius 1 is 0.913 bits per heavy atom. The van der Waals surface area contributed by atoms with Gasteiger partial charge in [0.1, 0.15) is 5.76 Å². The van der Waals surface area contributed by atoms with Gasteiger partial charge >= 0.3 is 0 Å². The standard InChI is InChI=1S/C21H26OSi/c1-16-9-11-17(12-10-16)15-19-14-13-18-7-5-6-8-20(18)21(19)22-23(2,3)4/h5-12H,13-15H2,1-4H3. The predicted molar refractivity (Wildman–Crippen MR) is 101 cm³/mol. The lowest BCUT2D eigenvalue weighted by Gasteiger charge is -2.29. The molecule has 0 saturated carbocycles. The lowest BCUT2D eigenvalue weighted by molar-refractivity contribution is 0.500. The third-order valence-corrected chi connectivity index (χ3v) is 5.04. The van der Waals surface area contributed by atoms with Crippen LogP contribution in [0.1, 0.15) is 28.7 Å². The van der Waals surface area contributed by atoms with E-state index in [-0.39, 0.29) is 0 Å². The zero-order valence-corrected chi connectivity index (χ0v) is 15.6. The van der Waals surface area contributed by atoms with E-state index in [1.807, 2.05) is 0 Å². The van der Waals surface area contributed by atoms with Crippen LogP contribution >= 0.6 is 0 Å². The SMILES string of the molecule is Cc1ccc(CC2=C(O[Si](C)(C)C)c3ccccc3CC2)cc1. The van der Waals surface area contributed by atoms with Crippen molar-refractivity contribution >= 4 is 14.1 Å². The first kappa shape index (κ1) is 16.1. The van der Waals surface area contributed by atoms with Gasteiger partial charge in [-0.1, -0.05) is 54.1 Å². The zero-order chi connectivity index (χ0) is 16.4. The highest BCUT2D eigenvalue weighted by molar-refractivity contribution is 6.70. The predicted octanol–water partition coefficient (Wildman–Crippen LogP) is 5.75. The summed E-state index contributed by atoms with van der Waals surface area (Å²) in [5.41, 5.74) is 6.88. The molecular weight excluding hydrogens is 296 g/mol. The largest absolute Gasteiger partial charge is 0.544 e. The maximum atomic E-state index is 6.53. The number of allylic oxidation sites excluding steroid dienone is 1. The van der Waals surface area contributed by atoms with E-state index in [9.17, 15) is 0 Å². The minimum atomic E-state index is -1.64. The molecule has 0 aliphatic heterocycles. The second-order valence-electron chi connectivity index (χ2n) is 7.47. The third kappa shape index (κ3) is 3.94. The molecule has 0 heterocycles. The molecule has 0 N–H and O–H groups in total. The van der Waals surface area contributed by atoms with E-state index < -0.39 is 8.32 Å². The summed E-state index contributed by atoms with van der Waals surface area (Å²) in [6.07, 6.45) is 3.22. The molecule has 0 saturated heterocycles. The van der Waals surface area contributed by atoms with E-state index in [0.29, 0.717) is 0 Å². The maximum absolute atomic E-state index is 6.53. The first-order valence-corrected chi connectivity index (χ1v) is 11.9. The number of rotatable bonds is 4. The fourth-order valence-electron chi connectivity index (χ4n) is 3.10. The monoisotopic (exact) mass is 322 g/mol. The molecule has 1 aliphatic carbocycles. The first-order chi connectivity index (χ1) is 10.9. The molecule has 2 aromatic rings. The van der Waals surface area contributed by atoms with E-state index >= 15 is 0 Å². The van der Waals surface area contributed by atoms with Crippen molar-refractivity contribution in [3.8, 4) is 0 Å². The van der Waals surface area contributed by atoms with Crippen molar-refractivity contribution in [3.63, 3.8) is 0 Å². The number of benzene rings is 2. The van der Waals surface area contributed by atoms with Crippen LogP contribution in [0, 0.1) is 6.92 Å². The van der Waals surface area contributed by atoms with Crippen LogP contribution in [0.5, 0.6) is 0 Å². The Bertz CT molecular complexity index is 720. The molecule has 1 nitrogen and oxygen atoms in total. The summed E-state index contributed by atoms with van der Waals surface area (Å²) in [4.78, 5) is 0. The first-order valence-electron chi connectivity index (χ1n) is 8.47. The topological polar surface area (TPSA) is 9.23 Å². The third-order valence-electron chi connectivity index (χ3n) is 4.23. The molecule has 3 rings (SSSR count). The van der Waals surface area contributed by atoms with Gasteiger partial charge in [-0.25, -0.2) is 0 Å². The fraction of sp³-hybridized carbons (Fsp3) is 0.333. The van der Waals surface area contributed by atoms with Gasteiger partial charge in [0.05, 0.1) is 0 Å². The molecule has 2 aromatic carbocycles. The molecule has 0 atom stereocenters. The van der Waals surface area contributed by atoms with Crippen LogP contribution in [0.25, 0.3) is 5.76 Å². The molecule has 0 amide bonds. The van der Waals surface area contributed by atoms with Crippen molar-refractivity contribution in [1.82, 2.24) is 0 Å². The van der Waals surface area contributed by atoms with E-state index in [0.717, 1.165) is 25.0 Å². The summed E-state index contributed by atoms with van der Waals surface area (Å²) in [7, 11) is -1.64. The van der Waals surface area contributed by atoms with Crippen molar-refractivity contribution in [2.24, 2.45) is 0 Å². The lowest BCUT2D eigenvalue weighted by atomic mass is 9.87. The average Bonchev–Trinajstić information content (AvgIpc) is 2.50. The van der Waals surface area contributed by atoms with Gasteiger partial charge in [-0.2, -0.15) is 0 Å². The zero-order valence-electron chi connectivity index (χ0n) is 14.6. The molecule has 1 aliphatic rings. The van der Waals surface area contributed by atoms with Gasteiger partial charge in [0, 0.05) is 5.56 Å². The molecule has 2 heteroatoms. The molecule has 120 valence electrons. The molecule has 0 radical (unpaired) electrons. The Morgan fingerprint density at radius 3 is 2.30 bits per heavy atom. The summed E-state index contributed by atoms with van der Waals surface area (Å²) < 4.78 is 6.53. The van der Waals surface area contributed by atoms with Crippen molar-refractivity contribution in [3.05, 3.63) is 76.4 Å². The quantitative estimate of drug-likeness (QED) is 0.652.